The lowest BCUT2D eigenvalue weighted by atomic mass is 10.1. The fourth-order valence-electron chi connectivity index (χ4n) is 2.72. The van der Waals surface area contributed by atoms with E-state index in [4.69, 9.17) is 4.74 Å². The summed E-state index contributed by atoms with van der Waals surface area (Å²) in [5.74, 6) is 1.39. The van der Waals surface area contributed by atoms with Crippen molar-refractivity contribution in [1.29, 1.82) is 0 Å². The first-order valence-corrected chi connectivity index (χ1v) is 7.85. The van der Waals surface area contributed by atoms with E-state index in [1.165, 1.54) is 6.33 Å². The summed E-state index contributed by atoms with van der Waals surface area (Å²) in [4.78, 5) is 8.88. The molecule has 0 saturated carbocycles. The highest BCUT2D eigenvalue weighted by Crippen LogP contribution is 2.32. The zero-order valence-corrected chi connectivity index (χ0v) is 13.3. The lowest BCUT2D eigenvalue weighted by Gasteiger charge is -2.12. The molecule has 4 rings (SSSR count). The predicted octanol–water partition coefficient (Wildman–Crippen LogP) is 3.86. The molecule has 0 aliphatic rings. The second kappa shape index (κ2) is 6.12. The van der Waals surface area contributed by atoms with Crippen LogP contribution in [0.5, 0.6) is 5.75 Å². The van der Waals surface area contributed by atoms with Crippen LogP contribution in [0.1, 0.15) is 6.92 Å². The molecule has 0 amide bonds. The SMILES string of the molecule is CCOc1ccccc1-c1cc(-c2ccccc2)nc2ncnn12. The van der Waals surface area contributed by atoms with Gasteiger partial charge in [0.15, 0.2) is 0 Å². The number of aromatic nitrogens is 4. The van der Waals surface area contributed by atoms with Gasteiger partial charge in [-0.1, -0.05) is 42.5 Å². The third-order valence-electron chi connectivity index (χ3n) is 3.78. The van der Waals surface area contributed by atoms with Gasteiger partial charge in [0.25, 0.3) is 5.78 Å². The van der Waals surface area contributed by atoms with Crippen LogP contribution in [-0.2, 0) is 0 Å². The van der Waals surface area contributed by atoms with E-state index in [0.717, 1.165) is 28.3 Å². The minimum Gasteiger partial charge on any atom is -0.493 e. The maximum Gasteiger partial charge on any atom is 0.253 e. The van der Waals surface area contributed by atoms with Crippen molar-refractivity contribution >= 4 is 5.78 Å². The van der Waals surface area contributed by atoms with Crippen LogP contribution in [0.2, 0.25) is 0 Å². The van der Waals surface area contributed by atoms with Gasteiger partial charge in [-0.2, -0.15) is 14.6 Å². The van der Waals surface area contributed by atoms with Gasteiger partial charge in [0, 0.05) is 11.1 Å². The normalized spacial score (nSPS) is 10.9. The third kappa shape index (κ3) is 2.50. The number of hydrogen-bond acceptors (Lipinski definition) is 4. The van der Waals surface area contributed by atoms with Crippen molar-refractivity contribution in [3.63, 3.8) is 0 Å². The van der Waals surface area contributed by atoms with Crippen molar-refractivity contribution in [3.8, 4) is 28.3 Å². The Morgan fingerprint density at radius 3 is 2.62 bits per heavy atom. The van der Waals surface area contributed by atoms with Crippen molar-refractivity contribution in [3.05, 3.63) is 67.0 Å². The summed E-state index contributed by atoms with van der Waals surface area (Å²) in [6.45, 7) is 2.58. The smallest absolute Gasteiger partial charge is 0.253 e. The van der Waals surface area contributed by atoms with Gasteiger partial charge in [-0.3, -0.25) is 0 Å². The average Bonchev–Trinajstić information content (AvgIpc) is 3.11. The number of hydrogen-bond donors (Lipinski definition) is 0. The summed E-state index contributed by atoms with van der Waals surface area (Å²) in [5, 5.41) is 4.32. The average molecular weight is 316 g/mol. The molecular formula is C19H16N4O. The maximum absolute atomic E-state index is 5.78. The van der Waals surface area contributed by atoms with Crippen LogP contribution in [0.25, 0.3) is 28.3 Å². The Hall–Kier alpha value is -3.21. The summed E-state index contributed by atoms with van der Waals surface area (Å²) in [5.41, 5.74) is 3.77. The van der Waals surface area contributed by atoms with Crippen molar-refractivity contribution in [2.75, 3.05) is 6.61 Å². The first-order chi connectivity index (χ1) is 11.9. The highest BCUT2D eigenvalue weighted by atomic mass is 16.5. The van der Waals surface area contributed by atoms with Crippen LogP contribution in [0.3, 0.4) is 0 Å². The van der Waals surface area contributed by atoms with Gasteiger partial charge in [-0.15, -0.1) is 0 Å². The molecule has 0 saturated heterocycles. The Morgan fingerprint density at radius 1 is 1.00 bits per heavy atom. The number of benzene rings is 2. The quantitative estimate of drug-likeness (QED) is 0.574. The fourth-order valence-corrected chi connectivity index (χ4v) is 2.72. The van der Waals surface area contributed by atoms with Gasteiger partial charge in [-0.05, 0) is 25.1 Å². The Balaban J connectivity index is 1.97. The summed E-state index contributed by atoms with van der Waals surface area (Å²) in [7, 11) is 0. The predicted molar refractivity (Wildman–Crippen MR) is 92.8 cm³/mol. The highest BCUT2D eigenvalue weighted by Gasteiger charge is 2.14. The fraction of sp³-hybridized carbons (Fsp3) is 0.105. The van der Waals surface area contributed by atoms with Crippen LogP contribution in [0, 0.1) is 0 Å². The number of nitrogens with zero attached hydrogens (tertiary/aromatic N) is 4. The number of ether oxygens (including phenoxy) is 1. The van der Waals surface area contributed by atoms with Gasteiger partial charge in [-0.25, -0.2) is 4.98 Å². The Bertz CT molecular complexity index is 979. The summed E-state index contributed by atoms with van der Waals surface area (Å²) >= 11 is 0. The molecule has 118 valence electrons. The van der Waals surface area contributed by atoms with E-state index in [2.05, 4.69) is 15.1 Å². The van der Waals surface area contributed by atoms with Gasteiger partial charge in [0.2, 0.25) is 0 Å². The van der Waals surface area contributed by atoms with Gasteiger partial charge >= 0.3 is 0 Å². The van der Waals surface area contributed by atoms with Crippen molar-refractivity contribution in [2.24, 2.45) is 0 Å². The lowest BCUT2D eigenvalue weighted by Crippen LogP contribution is -2.01. The van der Waals surface area contributed by atoms with Crippen LogP contribution in [0.4, 0.5) is 0 Å². The molecule has 0 atom stereocenters. The molecule has 4 aromatic rings. The topological polar surface area (TPSA) is 52.3 Å². The monoisotopic (exact) mass is 316 g/mol. The van der Waals surface area contributed by atoms with E-state index >= 15 is 0 Å². The molecule has 0 fully saturated rings. The molecule has 0 aliphatic carbocycles. The molecular weight excluding hydrogens is 300 g/mol. The zero-order valence-electron chi connectivity index (χ0n) is 13.3. The molecule has 0 bridgehead atoms. The number of para-hydroxylation sites is 1. The summed E-state index contributed by atoms with van der Waals surface area (Å²) in [6.07, 6.45) is 1.52. The Morgan fingerprint density at radius 2 is 1.79 bits per heavy atom. The van der Waals surface area contributed by atoms with Crippen molar-refractivity contribution in [2.45, 2.75) is 6.92 Å². The second-order valence-electron chi connectivity index (χ2n) is 5.29. The highest BCUT2D eigenvalue weighted by molar-refractivity contribution is 5.74. The van der Waals surface area contributed by atoms with Crippen LogP contribution in [-0.4, -0.2) is 26.2 Å². The zero-order chi connectivity index (χ0) is 16.4. The molecule has 0 unspecified atom stereocenters. The van der Waals surface area contributed by atoms with E-state index in [9.17, 15) is 0 Å². The standard InChI is InChI=1S/C19H16N4O/c1-2-24-18-11-7-6-10-15(18)17-12-16(14-8-4-3-5-9-14)22-19-20-13-21-23(17)19/h3-13H,2H2,1H3. The molecule has 2 aromatic heterocycles. The Kier molecular flexibility index (Phi) is 3.67. The van der Waals surface area contributed by atoms with E-state index in [0.29, 0.717) is 12.4 Å². The maximum atomic E-state index is 5.78. The van der Waals surface area contributed by atoms with Gasteiger partial charge in [0.05, 0.1) is 18.0 Å². The van der Waals surface area contributed by atoms with Crippen molar-refractivity contribution < 1.29 is 4.74 Å². The van der Waals surface area contributed by atoms with Crippen molar-refractivity contribution in [1.82, 2.24) is 19.6 Å². The minimum atomic E-state index is 0.567. The molecule has 0 radical (unpaired) electrons. The van der Waals surface area contributed by atoms with Gasteiger partial charge < -0.3 is 4.74 Å². The first-order valence-electron chi connectivity index (χ1n) is 7.85. The van der Waals surface area contributed by atoms with Crippen LogP contribution >= 0.6 is 0 Å². The molecule has 24 heavy (non-hydrogen) atoms. The molecule has 0 N–H and O–H groups in total. The molecule has 5 heteroatoms. The molecule has 2 aromatic carbocycles. The first kappa shape index (κ1) is 14.4. The molecule has 0 aliphatic heterocycles. The van der Waals surface area contributed by atoms with E-state index in [1.807, 2.05) is 67.6 Å². The van der Waals surface area contributed by atoms with E-state index in [1.54, 1.807) is 4.52 Å². The largest absolute Gasteiger partial charge is 0.493 e. The Labute approximate surface area is 139 Å². The lowest BCUT2D eigenvalue weighted by molar-refractivity contribution is 0.341. The van der Waals surface area contributed by atoms with E-state index < -0.39 is 0 Å². The molecule has 2 heterocycles. The van der Waals surface area contributed by atoms with Crippen LogP contribution in [0.15, 0.2) is 67.0 Å². The molecule has 5 nitrogen and oxygen atoms in total. The van der Waals surface area contributed by atoms with Gasteiger partial charge in [0.1, 0.15) is 12.1 Å². The summed E-state index contributed by atoms with van der Waals surface area (Å²) < 4.78 is 7.52. The number of fused-ring (bicyclic) bond motifs is 1. The number of rotatable bonds is 4. The third-order valence-corrected chi connectivity index (χ3v) is 3.78. The van der Waals surface area contributed by atoms with Crippen LogP contribution < -0.4 is 4.74 Å². The second-order valence-corrected chi connectivity index (χ2v) is 5.29. The molecule has 0 spiro atoms. The van der Waals surface area contributed by atoms with E-state index in [-0.39, 0.29) is 0 Å². The minimum absolute atomic E-state index is 0.567. The summed E-state index contributed by atoms with van der Waals surface area (Å²) in [6, 6.07) is 20.0.